The fraction of sp³-hybridized carbons (Fsp3) is 1.00. The van der Waals surface area contributed by atoms with Gasteiger partial charge in [-0.25, -0.2) is 0 Å². The molecule has 0 heterocycles. The molecule has 1 fully saturated rings. The molecule has 1 rings (SSSR count). The topological polar surface area (TPSA) is 15.3 Å². The van der Waals surface area contributed by atoms with Crippen LogP contribution < -0.4 is 5.32 Å². The smallest absolute Gasteiger partial charge is 0.0217 e. The lowest BCUT2D eigenvalue weighted by Crippen LogP contribution is -2.44. The lowest BCUT2D eigenvalue weighted by molar-refractivity contribution is 0.161. The summed E-state index contributed by atoms with van der Waals surface area (Å²) in [5.74, 6) is 0.982. The molecule has 1 N–H and O–H groups in total. The maximum absolute atomic E-state index is 3.27. The van der Waals surface area contributed by atoms with Crippen LogP contribution in [-0.2, 0) is 0 Å². The van der Waals surface area contributed by atoms with E-state index in [0.717, 1.165) is 18.5 Å². The Morgan fingerprint density at radius 1 is 1.46 bits per heavy atom. The molecule has 13 heavy (non-hydrogen) atoms. The maximum atomic E-state index is 3.27. The van der Waals surface area contributed by atoms with Crippen molar-refractivity contribution in [1.82, 2.24) is 10.2 Å². The van der Waals surface area contributed by atoms with Crippen molar-refractivity contribution < 1.29 is 0 Å². The average Bonchev–Trinajstić information content (AvgIpc) is 2.95. The Bertz CT molecular complexity index is 143. The predicted molar refractivity (Wildman–Crippen MR) is 58.0 cm³/mol. The summed E-state index contributed by atoms with van der Waals surface area (Å²) in [6.07, 6.45) is 4.14. The SMILES string of the molecule is CCC(CNC)N(C)C(C)C1CC1. The first-order chi connectivity index (χ1) is 6.20. The Morgan fingerprint density at radius 3 is 2.46 bits per heavy atom. The Kier molecular flexibility index (Phi) is 4.20. The molecule has 0 bridgehead atoms. The van der Waals surface area contributed by atoms with Gasteiger partial charge in [0.25, 0.3) is 0 Å². The second kappa shape index (κ2) is 4.97. The Balaban J connectivity index is 2.36. The van der Waals surface area contributed by atoms with Gasteiger partial charge >= 0.3 is 0 Å². The Morgan fingerprint density at radius 2 is 2.08 bits per heavy atom. The fourth-order valence-corrected chi connectivity index (χ4v) is 2.06. The summed E-state index contributed by atoms with van der Waals surface area (Å²) in [5.41, 5.74) is 0. The molecule has 0 saturated heterocycles. The minimum atomic E-state index is 0.709. The van der Waals surface area contributed by atoms with Crippen LogP contribution in [0.1, 0.15) is 33.1 Å². The number of likely N-dealkylation sites (N-methyl/N-ethyl adjacent to an activating group) is 2. The number of nitrogens with one attached hydrogen (secondary N) is 1. The Hall–Kier alpha value is -0.0800. The van der Waals surface area contributed by atoms with E-state index in [2.05, 4.69) is 31.1 Å². The van der Waals surface area contributed by atoms with E-state index in [1.807, 2.05) is 7.05 Å². The normalized spacial score (nSPS) is 21.9. The van der Waals surface area contributed by atoms with Gasteiger partial charge in [0.2, 0.25) is 0 Å². The number of nitrogens with zero attached hydrogens (tertiary/aromatic N) is 1. The molecule has 1 aliphatic carbocycles. The molecule has 2 atom stereocenters. The van der Waals surface area contributed by atoms with Crippen molar-refractivity contribution in [1.29, 1.82) is 0 Å². The van der Waals surface area contributed by atoms with Gasteiger partial charge in [0.05, 0.1) is 0 Å². The summed E-state index contributed by atoms with van der Waals surface area (Å²) in [6.45, 7) is 5.76. The third kappa shape index (κ3) is 2.96. The monoisotopic (exact) mass is 184 g/mol. The van der Waals surface area contributed by atoms with Crippen LogP contribution in [0.15, 0.2) is 0 Å². The first kappa shape index (κ1) is 11.0. The van der Waals surface area contributed by atoms with Crippen LogP contribution in [0.3, 0.4) is 0 Å². The predicted octanol–water partition coefficient (Wildman–Crippen LogP) is 1.71. The van der Waals surface area contributed by atoms with Crippen LogP contribution in [0.25, 0.3) is 0 Å². The highest BCUT2D eigenvalue weighted by molar-refractivity contribution is 4.86. The van der Waals surface area contributed by atoms with Crippen molar-refractivity contribution in [2.45, 2.75) is 45.2 Å². The average molecular weight is 184 g/mol. The van der Waals surface area contributed by atoms with Crippen molar-refractivity contribution >= 4 is 0 Å². The first-order valence-electron chi connectivity index (χ1n) is 5.57. The number of hydrogen-bond donors (Lipinski definition) is 1. The van der Waals surface area contributed by atoms with Crippen molar-refractivity contribution in [3.05, 3.63) is 0 Å². The van der Waals surface area contributed by atoms with Gasteiger partial charge in [0, 0.05) is 18.6 Å². The Labute approximate surface area is 82.7 Å². The zero-order valence-corrected chi connectivity index (χ0v) is 9.51. The van der Waals surface area contributed by atoms with Gasteiger partial charge in [0.1, 0.15) is 0 Å². The van der Waals surface area contributed by atoms with Crippen LogP contribution in [0.2, 0.25) is 0 Å². The molecule has 2 nitrogen and oxygen atoms in total. The molecule has 2 unspecified atom stereocenters. The van der Waals surface area contributed by atoms with Crippen LogP contribution >= 0.6 is 0 Å². The van der Waals surface area contributed by atoms with Gasteiger partial charge in [-0.2, -0.15) is 0 Å². The van der Waals surface area contributed by atoms with Crippen LogP contribution in [-0.4, -0.2) is 37.6 Å². The number of hydrogen-bond acceptors (Lipinski definition) is 2. The van der Waals surface area contributed by atoms with E-state index < -0.39 is 0 Å². The summed E-state index contributed by atoms with van der Waals surface area (Å²) in [6, 6.07) is 1.49. The van der Waals surface area contributed by atoms with E-state index in [1.165, 1.54) is 19.3 Å². The molecule has 0 radical (unpaired) electrons. The molecule has 0 aromatic rings. The summed E-state index contributed by atoms with van der Waals surface area (Å²) in [4.78, 5) is 2.55. The molecule has 1 aliphatic rings. The summed E-state index contributed by atoms with van der Waals surface area (Å²) < 4.78 is 0. The molecular weight excluding hydrogens is 160 g/mol. The lowest BCUT2D eigenvalue weighted by atomic mass is 10.1. The molecule has 2 heteroatoms. The highest BCUT2D eigenvalue weighted by Gasteiger charge is 2.32. The molecule has 0 aliphatic heterocycles. The highest BCUT2D eigenvalue weighted by Crippen LogP contribution is 2.35. The third-order valence-electron chi connectivity index (χ3n) is 3.43. The fourth-order valence-electron chi connectivity index (χ4n) is 2.06. The van der Waals surface area contributed by atoms with Gasteiger partial charge < -0.3 is 5.32 Å². The second-order valence-electron chi connectivity index (χ2n) is 4.36. The molecule has 78 valence electrons. The highest BCUT2D eigenvalue weighted by atomic mass is 15.2. The van der Waals surface area contributed by atoms with E-state index in [4.69, 9.17) is 0 Å². The first-order valence-corrected chi connectivity index (χ1v) is 5.57. The summed E-state index contributed by atoms with van der Waals surface area (Å²) in [5, 5.41) is 3.27. The van der Waals surface area contributed by atoms with Gasteiger partial charge in [-0.15, -0.1) is 0 Å². The third-order valence-corrected chi connectivity index (χ3v) is 3.43. The molecule has 1 saturated carbocycles. The van der Waals surface area contributed by atoms with Crippen molar-refractivity contribution in [3.63, 3.8) is 0 Å². The van der Waals surface area contributed by atoms with Crippen molar-refractivity contribution in [2.75, 3.05) is 20.6 Å². The minimum absolute atomic E-state index is 0.709. The largest absolute Gasteiger partial charge is 0.318 e. The van der Waals surface area contributed by atoms with Gasteiger partial charge in [0.15, 0.2) is 0 Å². The standard InChI is InChI=1S/C11H24N2/c1-5-11(8-12-3)13(4)9(2)10-6-7-10/h9-12H,5-8H2,1-4H3. The summed E-state index contributed by atoms with van der Waals surface area (Å²) >= 11 is 0. The summed E-state index contributed by atoms with van der Waals surface area (Å²) in [7, 11) is 4.31. The van der Waals surface area contributed by atoms with E-state index in [9.17, 15) is 0 Å². The molecule has 0 amide bonds. The lowest BCUT2D eigenvalue weighted by Gasteiger charge is -2.32. The van der Waals surface area contributed by atoms with Gasteiger partial charge in [-0.1, -0.05) is 6.92 Å². The van der Waals surface area contributed by atoms with Crippen LogP contribution in [0, 0.1) is 5.92 Å². The van der Waals surface area contributed by atoms with Crippen molar-refractivity contribution in [3.8, 4) is 0 Å². The van der Waals surface area contributed by atoms with Crippen LogP contribution in [0.4, 0.5) is 0 Å². The zero-order chi connectivity index (χ0) is 9.84. The molecule has 0 spiro atoms. The van der Waals surface area contributed by atoms with Gasteiger partial charge in [-0.05, 0) is 46.2 Å². The molecule has 0 aromatic heterocycles. The molecular formula is C11H24N2. The second-order valence-corrected chi connectivity index (χ2v) is 4.36. The van der Waals surface area contributed by atoms with E-state index in [1.54, 1.807) is 0 Å². The van der Waals surface area contributed by atoms with Gasteiger partial charge in [-0.3, -0.25) is 4.90 Å². The van der Waals surface area contributed by atoms with Crippen molar-refractivity contribution in [2.24, 2.45) is 5.92 Å². The molecule has 0 aromatic carbocycles. The zero-order valence-electron chi connectivity index (χ0n) is 9.51. The van der Waals surface area contributed by atoms with E-state index in [-0.39, 0.29) is 0 Å². The maximum Gasteiger partial charge on any atom is 0.0217 e. The van der Waals surface area contributed by atoms with E-state index in [0.29, 0.717) is 6.04 Å². The number of rotatable bonds is 6. The van der Waals surface area contributed by atoms with E-state index >= 15 is 0 Å². The minimum Gasteiger partial charge on any atom is -0.318 e. The van der Waals surface area contributed by atoms with Crippen LogP contribution in [0.5, 0.6) is 0 Å². The quantitative estimate of drug-likeness (QED) is 0.676.